The first-order valence-corrected chi connectivity index (χ1v) is 5.28. The second-order valence-electron chi connectivity index (χ2n) is 3.93. The molecular weight excluding hydrogens is 206 g/mol. The summed E-state index contributed by atoms with van der Waals surface area (Å²) in [7, 11) is 0. The van der Waals surface area contributed by atoms with E-state index in [4.69, 9.17) is 5.11 Å². The van der Waals surface area contributed by atoms with Crippen LogP contribution in [0.4, 0.5) is 5.69 Å². The number of hydrogen-bond donors (Lipinski definition) is 2. The van der Waals surface area contributed by atoms with Gasteiger partial charge in [0.25, 0.3) is 0 Å². The van der Waals surface area contributed by atoms with Gasteiger partial charge in [0.15, 0.2) is 0 Å². The first-order chi connectivity index (χ1) is 7.65. The number of aryl methyl sites for hydroxylation is 2. The van der Waals surface area contributed by atoms with E-state index in [-0.39, 0.29) is 12.3 Å². The normalized spacial score (nSPS) is 14.1. The van der Waals surface area contributed by atoms with Gasteiger partial charge < -0.3 is 10.4 Å². The summed E-state index contributed by atoms with van der Waals surface area (Å²) in [4.78, 5) is 21.6. The molecule has 0 spiro atoms. The Morgan fingerprint density at radius 2 is 2.19 bits per heavy atom. The Labute approximate surface area is 93.3 Å². The van der Waals surface area contributed by atoms with Gasteiger partial charge in [-0.1, -0.05) is 12.1 Å². The zero-order valence-corrected chi connectivity index (χ0v) is 8.82. The molecule has 1 aromatic rings. The Bertz CT molecular complexity index is 440. The number of rotatable bonds is 3. The topological polar surface area (TPSA) is 66.4 Å². The molecular formula is C12H13NO3. The summed E-state index contributed by atoms with van der Waals surface area (Å²) >= 11 is 0. The van der Waals surface area contributed by atoms with Crippen molar-refractivity contribution in [2.45, 2.75) is 25.7 Å². The highest BCUT2D eigenvalue weighted by atomic mass is 16.4. The number of amides is 1. The predicted molar refractivity (Wildman–Crippen MR) is 59.3 cm³/mol. The zero-order valence-electron chi connectivity index (χ0n) is 8.82. The molecule has 0 aliphatic carbocycles. The lowest BCUT2D eigenvalue weighted by Crippen LogP contribution is -2.19. The van der Waals surface area contributed by atoms with Crippen LogP contribution in [0.15, 0.2) is 18.2 Å². The number of hydrogen-bond acceptors (Lipinski definition) is 2. The van der Waals surface area contributed by atoms with E-state index < -0.39 is 5.97 Å². The van der Waals surface area contributed by atoms with Crippen molar-refractivity contribution >= 4 is 17.6 Å². The van der Waals surface area contributed by atoms with Crippen LogP contribution in [-0.4, -0.2) is 17.0 Å². The van der Waals surface area contributed by atoms with E-state index in [0.29, 0.717) is 12.8 Å². The Kier molecular flexibility index (Phi) is 2.90. The fourth-order valence-corrected chi connectivity index (χ4v) is 1.84. The molecule has 0 fully saturated rings. The van der Waals surface area contributed by atoms with Gasteiger partial charge in [-0.15, -0.1) is 0 Å². The van der Waals surface area contributed by atoms with E-state index in [2.05, 4.69) is 5.32 Å². The Morgan fingerprint density at radius 1 is 1.38 bits per heavy atom. The summed E-state index contributed by atoms with van der Waals surface area (Å²) in [6.07, 6.45) is 1.93. The molecule has 16 heavy (non-hydrogen) atoms. The summed E-state index contributed by atoms with van der Waals surface area (Å²) in [5, 5.41) is 11.4. The van der Waals surface area contributed by atoms with Gasteiger partial charge in [0.1, 0.15) is 0 Å². The third-order valence-corrected chi connectivity index (χ3v) is 2.69. The maximum atomic E-state index is 11.1. The molecule has 0 saturated carbocycles. The van der Waals surface area contributed by atoms with Crippen LogP contribution in [0.2, 0.25) is 0 Å². The lowest BCUT2D eigenvalue weighted by Gasteiger charge is -2.17. The van der Waals surface area contributed by atoms with Gasteiger partial charge in [0.05, 0.1) is 0 Å². The number of fused-ring (bicyclic) bond motifs is 1. The molecule has 4 nitrogen and oxygen atoms in total. The second kappa shape index (κ2) is 4.35. The zero-order chi connectivity index (χ0) is 11.5. The molecule has 4 heteroatoms. The van der Waals surface area contributed by atoms with Crippen LogP contribution >= 0.6 is 0 Å². The van der Waals surface area contributed by atoms with Gasteiger partial charge in [0.2, 0.25) is 5.91 Å². The molecule has 84 valence electrons. The van der Waals surface area contributed by atoms with E-state index in [1.807, 2.05) is 18.2 Å². The molecule has 2 N–H and O–H groups in total. The van der Waals surface area contributed by atoms with Gasteiger partial charge >= 0.3 is 5.97 Å². The average molecular weight is 219 g/mol. The fraction of sp³-hybridized carbons (Fsp3) is 0.333. The third kappa shape index (κ3) is 2.39. The molecule has 1 aliphatic heterocycles. The van der Waals surface area contributed by atoms with E-state index in [9.17, 15) is 9.59 Å². The number of anilines is 1. The highest BCUT2D eigenvalue weighted by Gasteiger charge is 2.14. The number of benzene rings is 1. The van der Waals surface area contributed by atoms with Crippen LogP contribution in [0.1, 0.15) is 24.0 Å². The van der Waals surface area contributed by atoms with Crippen LogP contribution in [0.25, 0.3) is 0 Å². The molecule has 0 aromatic heterocycles. The predicted octanol–water partition coefficient (Wildman–Crippen LogP) is 1.59. The Hall–Kier alpha value is -1.84. The monoisotopic (exact) mass is 219 g/mol. The SMILES string of the molecule is O=C(O)CCc1ccc2c(c1)CCC(=O)N2. The fourth-order valence-electron chi connectivity index (χ4n) is 1.84. The molecule has 1 amide bonds. The number of carboxylic acids is 1. The third-order valence-electron chi connectivity index (χ3n) is 2.69. The van der Waals surface area contributed by atoms with Crippen molar-refractivity contribution in [2.24, 2.45) is 0 Å². The quantitative estimate of drug-likeness (QED) is 0.811. The number of aliphatic carboxylic acids is 1. The van der Waals surface area contributed by atoms with Crippen LogP contribution in [0.5, 0.6) is 0 Å². The lowest BCUT2D eigenvalue weighted by molar-refractivity contribution is -0.137. The van der Waals surface area contributed by atoms with Crippen molar-refractivity contribution in [3.63, 3.8) is 0 Å². The number of carbonyl (C=O) groups excluding carboxylic acids is 1. The molecule has 0 atom stereocenters. The van der Waals surface area contributed by atoms with Crippen LogP contribution in [-0.2, 0) is 22.4 Å². The molecule has 0 saturated heterocycles. The van der Waals surface area contributed by atoms with E-state index in [0.717, 1.165) is 23.2 Å². The Balaban J connectivity index is 2.13. The summed E-state index contributed by atoms with van der Waals surface area (Å²) in [5.41, 5.74) is 2.97. The minimum Gasteiger partial charge on any atom is -0.481 e. The van der Waals surface area contributed by atoms with Crippen molar-refractivity contribution in [3.05, 3.63) is 29.3 Å². The van der Waals surface area contributed by atoms with Gasteiger partial charge in [-0.25, -0.2) is 0 Å². The molecule has 1 aliphatic rings. The van der Waals surface area contributed by atoms with Crippen molar-refractivity contribution in [1.82, 2.24) is 0 Å². The molecule has 0 unspecified atom stereocenters. The van der Waals surface area contributed by atoms with Gasteiger partial charge in [-0.2, -0.15) is 0 Å². The summed E-state index contributed by atoms with van der Waals surface area (Å²) in [5.74, 6) is -0.739. The molecule has 1 heterocycles. The summed E-state index contributed by atoms with van der Waals surface area (Å²) < 4.78 is 0. The standard InChI is InChI=1S/C12H13NO3/c14-11-5-3-9-7-8(2-6-12(15)16)1-4-10(9)13-11/h1,4,7H,2-3,5-6H2,(H,13,14)(H,15,16). The highest BCUT2D eigenvalue weighted by Crippen LogP contribution is 2.23. The van der Waals surface area contributed by atoms with E-state index in [1.165, 1.54) is 0 Å². The van der Waals surface area contributed by atoms with Crippen LogP contribution in [0.3, 0.4) is 0 Å². The molecule has 2 rings (SSSR count). The van der Waals surface area contributed by atoms with Crippen molar-refractivity contribution in [3.8, 4) is 0 Å². The maximum Gasteiger partial charge on any atom is 0.303 e. The second-order valence-corrected chi connectivity index (χ2v) is 3.93. The molecule has 0 radical (unpaired) electrons. The first-order valence-electron chi connectivity index (χ1n) is 5.28. The summed E-state index contributed by atoms with van der Waals surface area (Å²) in [6.45, 7) is 0. The molecule has 1 aromatic carbocycles. The molecule has 0 bridgehead atoms. The van der Waals surface area contributed by atoms with Gasteiger partial charge in [-0.3, -0.25) is 9.59 Å². The minimum atomic E-state index is -0.786. The number of nitrogens with one attached hydrogen (secondary N) is 1. The number of carboxylic acid groups (broad SMARTS) is 1. The average Bonchev–Trinajstić information content (AvgIpc) is 2.26. The highest BCUT2D eigenvalue weighted by molar-refractivity contribution is 5.93. The van der Waals surface area contributed by atoms with Crippen molar-refractivity contribution in [1.29, 1.82) is 0 Å². The van der Waals surface area contributed by atoms with Crippen molar-refractivity contribution in [2.75, 3.05) is 5.32 Å². The van der Waals surface area contributed by atoms with Gasteiger partial charge in [-0.05, 0) is 30.0 Å². The minimum absolute atomic E-state index is 0.0470. The Morgan fingerprint density at radius 3 is 2.94 bits per heavy atom. The van der Waals surface area contributed by atoms with Gasteiger partial charge in [0, 0.05) is 18.5 Å². The van der Waals surface area contributed by atoms with E-state index >= 15 is 0 Å². The summed E-state index contributed by atoms with van der Waals surface area (Å²) in [6, 6.07) is 5.70. The maximum absolute atomic E-state index is 11.1. The first kappa shape index (κ1) is 10.7. The van der Waals surface area contributed by atoms with E-state index in [1.54, 1.807) is 0 Å². The van der Waals surface area contributed by atoms with Crippen molar-refractivity contribution < 1.29 is 14.7 Å². The number of carbonyl (C=O) groups is 2. The van der Waals surface area contributed by atoms with Crippen LogP contribution in [0, 0.1) is 0 Å². The smallest absolute Gasteiger partial charge is 0.303 e. The lowest BCUT2D eigenvalue weighted by atomic mass is 9.98. The largest absolute Gasteiger partial charge is 0.481 e. The van der Waals surface area contributed by atoms with Crippen LogP contribution < -0.4 is 5.32 Å².